The number of amides is 3. The van der Waals surface area contributed by atoms with Gasteiger partial charge >= 0.3 is 5.97 Å². The van der Waals surface area contributed by atoms with Gasteiger partial charge in [0.05, 0.1) is 12.1 Å². The third kappa shape index (κ3) is 12.5. The smallest absolute Gasteiger partial charge is 0.329 e. The monoisotopic (exact) mass is 709 g/mol. The molecular weight excluding hydrogens is 640 g/mol. The zero-order valence-corrected chi connectivity index (χ0v) is 33.0. The Hall–Kier alpha value is -3.20. The maximum absolute atomic E-state index is 14.0. The van der Waals surface area contributed by atoms with E-state index in [1.165, 1.54) is 32.1 Å². The predicted octanol–water partition coefficient (Wildman–Crippen LogP) is 7.46. The van der Waals surface area contributed by atoms with Gasteiger partial charge in [0.2, 0.25) is 17.7 Å². The average molecular weight is 709 g/mol. The molecule has 1 aromatic rings. The minimum absolute atomic E-state index is 0.00677. The van der Waals surface area contributed by atoms with E-state index in [2.05, 4.69) is 17.1 Å². The number of carbonyl (C=O) groups excluding carboxylic acids is 4. The maximum atomic E-state index is 14.0. The summed E-state index contributed by atoms with van der Waals surface area (Å²) in [5, 5.41) is 3.06. The molecule has 1 N–H and O–H groups in total. The summed E-state index contributed by atoms with van der Waals surface area (Å²) in [7, 11) is 3.71. The molecule has 2 saturated heterocycles. The average Bonchev–Trinajstić information content (AvgIpc) is 3.61. The first kappa shape index (κ1) is 42.2. The summed E-state index contributed by atoms with van der Waals surface area (Å²) >= 11 is 0. The van der Waals surface area contributed by atoms with Crippen LogP contribution in [0.3, 0.4) is 0 Å². The van der Waals surface area contributed by atoms with Crippen molar-refractivity contribution in [2.45, 2.75) is 155 Å². The first-order chi connectivity index (χ1) is 24.4. The van der Waals surface area contributed by atoms with Crippen molar-refractivity contribution in [3.63, 3.8) is 0 Å². The van der Waals surface area contributed by atoms with Crippen LogP contribution in [0, 0.1) is 11.8 Å². The van der Waals surface area contributed by atoms with Crippen LogP contribution >= 0.6 is 0 Å². The maximum Gasteiger partial charge on any atom is 0.329 e. The first-order valence-electron chi connectivity index (χ1n) is 19.9. The van der Waals surface area contributed by atoms with Crippen LogP contribution in [0.4, 0.5) is 0 Å². The van der Waals surface area contributed by atoms with Gasteiger partial charge in [-0.05, 0) is 76.4 Å². The van der Waals surface area contributed by atoms with E-state index in [0.29, 0.717) is 18.5 Å². The largest absolute Gasteiger partial charge is 0.456 e. The minimum atomic E-state index is -0.681. The van der Waals surface area contributed by atoms with E-state index in [0.717, 1.165) is 57.1 Å². The normalized spacial score (nSPS) is 20.3. The van der Waals surface area contributed by atoms with Crippen molar-refractivity contribution in [2.24, 2.45) is 11.8 Å². The van der Waals surface area contributed by atoms with Gasteiger partial charge in [0.25, 0.3) is 0 Å². The van der Waals surface area contributed by atoms with E-state index in [4.69, 9.17) is 4.74 Å². The summed E-state index contributed by atoms with van der Waals surface area (Å²) in [4.78, 5) is 60.3. The standard InChI is InChI=1S/C42H68N4O5/c1-9-10-11-12-13-14-18-26-37(33-22-16-15-17-23-33)51-42(50)35-25-21-28-46(35)40(48)32(6)29-36(30(2)3)45(8)41(49)38(31(4)5)43-39(47)34-24-19-20-27-44(34)7/h15-17,22-23,29-31,34-38H,9-14,18-21,24-28H2,1-8H3,(H,43,47)/b32-29+/t34-,35+,36-,37+,38+/m1/s1. The second kappa shape index (κ2) is 21.4. The number of carbonyl (C=O) groups is 4. The SMILES string of the molecule is CCCCCCCCC[C@H](OC(=O)[C@@H]1CCCN1C(=O)/C(C)=C/[C@H](C(C)C)N(C)C(=O)[C@@H](NC(=O)[C@H]1CCCCN1C)C(C)C)c1ccccc1. The summed E-state index contributed by atoms with van der Waals surface area (Å²) in [6.07, 6.45) is 14.7. The third-order valence-corrected chi connectivity index (χ3v) is 10.8. The molecule has 51 heavy (non-hydrogen) atoms. The Bertz CT molecular complexity index is 1280. The number of nitrogens with zero attached hydrogens (tertiary/aromatic N) is 3. The Morgan fingerprint density at radius 3 is 2.16 bits per heavy atom. The van der Waals surface area contributed by atoms with Crippen LogP contribution < -0.4 is 5.32 Å². The van der Waals surface area contributed by atoms with Crippen LogP contribution in [0.25, 0.3) is 0 Å². The van der Waals surface area contributed by atoms with E-state index < -0.39 is 12.1 Å². The molecule has 0 saturated carbocycles. The fourth-order valence-electron chi connectivity index (χ4n) is 7.56. The molecule has 286 valence electrons. The van der Waals surface area contributed by atoms with Gasteiger partial charge in [-0.1, -0.05) is 116 Å². The quantitative estimate of drug-likeness (QED) is 0.0911. The van der Waals surface area contributed by atoms with Crippen LogP contribution in [-0.4, -0.2) is 89.7 Å². The molecule has 5 atom stereocenters. The molecule has 0 radical (unpaired) electrons. The Morgan fingerprint density at radius 2 is 1.53 bits per heavy atom. The second-order valence-corrected chi connectivity index (χ2v) is 15.7. The van der Waals surface area contributed by atoms with Crippen molar-refractivity contribution >= 4 is 23.7 Å². The van der Waals surface area contributed by atoms with E-state index in [1.807, 2.05) is 71.2 Å². The highest BCUT2D eigenvalue weighted by Crippen LogP contribution is 2.29. The fraction of sp³-hybridized carbons (Fsp3) is 0.714. The summed E-state index contributed by atoms with van der Waals surface area (Å²) in [5.74, 6) is -0.950. The Labute approximate surface area is 308 Å². The number of unbranched alkanes of at least 4 members (excludes halogenated alkanes) is 6. The molecule has 9 nitrogen and oxygen atoms in total. The molecule has 3 rings (SSSR count). The zero-order valence-electron chi connectivity index (χ0n) is 33.0. The van der Waals surface area contributed by atoms with Gasteiger partial charge in [0.15, 0.2) is 0 Å². The van der Waals surface area contributed by atoms with Crippen molar-refractivity contribution in [1.82, 2.24) is 20.0 Å². The molecule has 9 heteroatoms. The van der Waals surface area contributed by atoms with Crippen molar-refractivity contribution in [2.75, 3.05) is 27.2 Å². The van der Waals surface area contributed by atoms with E-state index >= 15 is 0 Å². The third-order valence-electron chi connectivity index (χ3n) is 10.8. The summed E-state index contributed by atoms with van der Waals surface area (Å²) in [6, 6.07) is 8.00. The Balaban J connectivity index is 1.69. The lowest BCUT2D eigenvalue weighted by Crippen LogP contribution is -2.57. The molecule has 2 aliphatic rings. The molecule has 1 aromatic carbocycles. The van der Waals surface area contributed by atoms with Crippen LogP contribution in [0.15, 0.2) is 42.0 Å². The lowest BCUT2D eigenvalue weighted by atomic mass is 9.96. The van der Waals surface area contributed by atoms with Gasteiger partial charge in [0.1, 0.15) is 18.2 Å². The van der Waals surface area contributed by atoms with Crippen molar-refractivity contribution in [1.29, 1.82) is 0 Å². The number of ether oxygens (including phenoxy) is 1. The Kier molecular flexibility index (Phi) is 17.7. The molecule has 3 amide bonds. The summed E-state index contributed by atoms with van der Waals surface area (Å²) in [5.41, 5.74) is 1.47. The number of rotatable bonds is 19. The molecule has 0 aromatic heterocycles. The van der Waals surface area contributed by atoms with Crippen molar-refractivity contribution in [3.8, 4) is 0 Å². The van der Waals surface area contributed by atoms with Crippen molar-refractivity contribution < 1.29 is 23.9 Å². The van der Waals surface area contributed by atoms with Gasteiger partial charge in [-0.15, -0.1) is 0 Å². The Morgan fingerprint density at radius 1 is 0.882 bits per heavy atom. The lowest BCUT2D eigenvalue weighted by molar-refractivity contribution is -0.158. The number of hydrogen-bond acceptors (Lipinski definition) is 6. The molecule has 2 heterocycles. The number of piperidine rings is 1. The second-order valence-electron chi connectivity index (χ2n) is 15.7. The number of benzene rings is 1. The van der Waals surface area contributed by atoms with Gasteiger partial charge < -0.3 is 19.9 Å². The van der Waals surface area contributed by atoms with Gasteiger partial charge in [-0.3, -0.25) is 19.3 Å². The molecule has 0 unspecified atom stereocenters. The number of esters is 1. The molecular formula is C42H68N4O5. The van der Waals surface area contributed by atoms with E-state index in [1.54, 1.807) is 23.8 Å². The van der Waals surface area contributed by atoms with Crippen LogP contribution in [-0.2, 0) is 23.9 Å². The fourth-order valence-corrected chi connectivity index (χ4v) is 7.56. The number of likely N-dealkylation sites (N-methyl/N-ethyl adjacent to an activating group) is 2. The molecule has 2 fully saturated rings. The first-order valence-corrected chi connectivity index (χ1v) is 19.9. The molecule has 0 bridgehead atoms. The van der Waals surface area contributed by atoms with Crippen LogP contribution in [0.5, 0.6) is 0 Å². The van der Waals surface area contributed by atoms with Crippen LogP contribution in [0.2, 0.25) is 0 Å². The van der Waals surface area contributed by atoms with Crippen LogP contribution in [0.1, 0.15) is 137 Å². The number of nitrogens with one attached hydrogen (secondary N) is 1. The lowest BCUT2D eigenvalue weighted by Gasteiger charge is -2.36. The predicted molar refractivity (Wildman–Crippen MR) is 205 cm³/mol. The highest BCUT2D eigenvalue weighted by molar-refractivity contribution is 5.96. The topological polar surface area (TPSA) is 99.3 Å². The number of hydrogen-bond donors (Lipinski definition) is 1. The van der Waals surface area contributed by atoms with Gasteiger partial charge in [-0.25, -0.2) is 4.79 Å². The molecule has 0 spiro atoms. The van der Waals surface area contributed by atoms with Gasteiger partial charge in [-0.2, -0.15) is 0 Å². The van der Waals surface area contributed by atoms with Gasteiger partial charge in [0, 0.05) is 19.2 Å². The molecule has 0 aliphatic carbocycles. The zero-order chi connectivity index (χ0) is 37.5. The number of likely N-dealkylation sites (tertiary alicyclic amines) is 2. The molecule has 2 aliphatic heterocycles. The van der Waals surface area contributed by atoms with E-state index in [-0.39, 0.29) is 53.7 Å². The highest BCUT2D eigenvalue weighted by atomic mass is 16.5. The summed E-state index contributed by atoms with van der Waals surface area (Å²) in [6.45, 7) is 13.3. The van der Waals surface area contributed by atoms with E-state index in [9.17, 15) is 19.2 Å². The minimum Gasteiger partial charge on any atom is -0.456 e. The highest BCUT2D eigenvalue weighted by Gasteiger charge is 2.38. The van der Waals surface area contributed by atoms with Crippen molar-refractivity contribution in [3.05, 3.63) is 47.5 Å². The summed E-state index contributed by atoms with van der Waals surface area (Å²) < 4.78 is 6.20.